The van der Waals surface area contributed by atoms with Crippen molar-refractivity contribution >= 4 is 12.0 Å². The van der Waals surface area contributed by atoms with E-state index in [2.05, 4.69) is 5.32 Å². The molecule has 1 aromatic rings. The van der Waals surface area contributed by atoms with Crippen LogP contribution in [0.1, 0.15) is 5.56 Å². The van der Waals surface area contributed by atoms with E-state index in [1.54, 1.807) is 7.05 Å². The molecule has 1 rings (SSSR count). The number of rotatable bonds is 3. The summed E-state index contributed by atoms with van der Waals surface area (Å²) in [5.41, 5.74) is 1.86. The zero-order chi connectivity index (χ0) is 8.81. The predicted molar refractivity (Wildman–Crippen MR) is 49.5 cm³/mol. The first-order valence-electron chi connectivity index (χ1n) is 3.77. The van der Waals surface area contributed by atoms with Crippen molar-refractivity contribution in [2.75, 3.05) is 7.05 Å². The molecular weight excluding hydrogens is 150 g/mol. The van der Waals surface area contributed by atoms with Crippen molar-refractivity contribution in [3.05, 3.63) is 42.0 Å². The minimum atomic E-state index is 0.777. The maximum Gasteiger partial charge on any atom is 0.144 e. The third-order valence-corrected chi connectivity index (χ3v) is 1.59. The lowest BCUT2D eigenvalue weighted by molar-refractivity contribution is -0.104. The molecule has 0 bridgehead atoms. The number of benzene rings is 1. The normalized spacial score (nSPS) is 10.9. The van der Waals surface area contributed by atoms with E-state index in [4.69, 9.17) is 0 Å². The van der Waals surface area contributed by atoms with E-state index in [1.807, 2.05) is 30.3 Å². The molecule has 12 heavy (non-hydrogen) atoms. The van der Waals surface area contributed by atoms with Crippen molar-refractivity contribution in [2.45, 2.75) is 0 Å². The summed E-state index contributed by atoms with van der Waals surface area (Å²) in [5.74, 6) is 0. The molecule has 1 N–H and O–H groups in total. The molecule has 0 spiro atoms. The summed E-state index contributed by atoms with van der Waals surface area (Å²) in [6.45, 7) is 0. The van der Waals surface area contributed by atoms with Crippen LogP contribution in [0.25, 0.3) is 5.70 Å². The van der Waals surface area contributed by atoms with Gasteiger partial charge in [-0.2, -0.15) is 0 Å². The van der Waals surface area contributed by atoms with Crippen LogP contribution in [0.4, 0.5) is 0 Å². The molecule has 1 aromatic carbocycles. The smallest absolute Gasteiger partial charge is 0.144 e. The Morgan fingerprint density at radius 3 is 2.50 bits per heavy atom. The fourth-order valence-corrected chi connectivity index (χ4v) is 1.01. The van der Waals surface area contributed by atoms with Crippen LogP contribution in [0.15, 0.2) is 36.4 Å². The molecule has 0 fully saturated rings. The second-order valence-electron chi connectivity index (χ2n) is 2.33. The largest absolute Gasteiger partial charge is 0.388 e. The maximum atomic E-state index is 10.2. The fraction of sp³-hybridized carbons (Fsp3) is 0.100. The van der Waals surface area contributed by atoms with Gasteiger partial charge >= 0.3 is 0 Å². The van der Waals surface area contributed by atoms with E-state index in [0.717, 1.165) is 17.5 Å². The van der Waals surface area contributed by atoms with Crippen molar-refractivity contribution in [1.82, 2.24) is 5.32 Å². The van der Waals surface area contributed by atoms with Crippen molar-refractivity contribution in [1.29, 1.82) is 0 Å². The van der Waals surface area contributed by atoms with Crippen LogP contribution in [0.5, 0.6) is 0 Å². The molecule has 2 nitrogen and oxygen atoms in total. The van der Waals surface area contributed by atoms with E-state index in [-0.39, 0.29) is 0 Å². The first-order chi connectivity index (χ1) is 5.88. The van der Waals surface area contributed by atoms with Gasteiger partial charge in [0.2, 0.25) is 0 Å². The molecule has 0 radical (unpaired) electrons. The van der Waals surface area contributed by atoms with Gasteiger partial charge in [-0.15, -0.1) is 0 Å². The van der Waals surface area contributed by atoms with Gasteiger partial charge in [0.15, 0.2) is 0 Å². The molecule has 0 amide bonds. The Balaban J connectivity index is 2.95. The molecule has 0 aromatic heterocycles. The Bertz CT molecular complexity index is 277. The summed E-state index contributed by atoms with van der Waals surface area (Å²) in [6, 6.07) is 9.71. The quantitative estimate of drug-likeness (QED) is 0.537. The van der Waals surface area contributed by atoms with E-state index >= 15 is 0 Å². The predicted octanol–water partition coefficient (Wildman–Crippen LogP) is 1.45. The second-order valence-corrected chi connectivity index (χ2v) is 2.33. The number of hydrogen-bond donors (Lipinski definition) is 1. The Morgan fingerprint density at radius 2 is 2.00 bits per heavy atom. The van der Waals surface area contributed by atoms with Gasteiger partial charge in [0.1, 0.15) is 6.29 Å². The van der Waals surface area contributed by atoms with Crippen molar-refractivity contribution in [3.63, 3.8) is 0 Å². The molecule has 0 aliphatic heterocycles. The zero-order valence-electron chi connectivity index (χ0n) is 6.95. The Hall–Kier alpha value is -1.57. The van der Waals surface area contributed by atoms with Gasteiger partial charge in [-0.05, 0) is 5.56 Å². The van der Waals surface area contributed by atoms with Gasteiger partial charge < -0.3 is 5.32 Å². The van der Waals surface area contributed by atoms with Crippen LogP contribution in [0.2, 0.25) is 0 Å². The minimum Gasteiger partial charge on any atom is -0.388 e. The Kier molecular flexibility index (Phi) is 3.08. The van der Waals surface area contributed by atoms with Crippen LogP contribution < -0.4 is 5.32 Å². The summed E-state index contributed by atoms with van der Waals surface area (Å²) >= 11 is 0. The van der Waals surface area contributed by atoms with Gasteiger partial charge in [-0.3, -0.25) is 4.79 Å². The molecule has 0 unspecified atom stereocenters. The molecule has 2 heteroatoms. The number of nitrogens with one attached hydrogen (secondary N) is 1. The number of carbonyl (C=O) groups is 1. The van der Waals surface area contributed by atoms with Crippen molar-refractivity contribution < 1.29 is 4.79 Å². The standard InChI is InChI=1S/C10H11NO/c1-11-10(7-8-12)9-5-3-2-4-6-9/h2-8,11H,1H3/b10-7-. The highest BCUT2D eigenvalue weighted by molar-refractivity contribution is 5.80. The lowest BCUT2D eigenvalue weighted by Gasteiger charge is -2.04. The number of aldehydes is 1. The molecule has 0 aliphatic carbocycles. The summed E-state index contributed by atoms with van der Waals surface area (Å²) < 4.78 is 0. The van der Waals surface area contributed by atoms with Crippen molar-refractivity contribution in [2.24, 2.45) is 0 Å². The Morgan fingerprint density at radius 1 is 1.33 bits per heavy atom. The SMILES string of the molecule is CN/C(=C\C=O)c1ccccc1. The van der Waals surface area contributed by atoms with Crippen LogP contribution in [-0.4, -0.2) is 13.3 Å². The Labute approximate surface area is 71.9 Å². The third-order valence-electron chi connectivity index (χ3n) is 1.59. The lowest BCUT2D eigenvalue weighted by atomic mass is 10.1. The maximum absolute atomic E-state index is 10.2. The summed E-state index contributed by atoms with van der Waals surface area (Å²) in [5, 5.41) is 2.95. The molecular formula is C10H11NO. The van der Waals surface area contributed by atoms with Crippen LogP contribution in [0, 0.1) is 0 Å². The van der Waals surface area contributed by atoms with Gasteiger partial charge in [-0.25, -0.2) is 0 Å². The number of hydrogen-bond acceptors (Lipinski definition) is 2. The average molecular weight is 161 g/mol. The van der Waals surface area contributed by atoms with E-state index in [0.29, 0.717) is 0 Å². The van der Waals surface area contributed by atoms with Crippen molar-refractivity contribution in [3.8, 4) is 0 Å². The van der Waals surface area contributed by atoms with E-state index in [9.17, 15) is 4.79 Å². The van der Waals surface area contributed by atoms with Crippen LogP contribution >= 0.6 is 0 Å². The van der Waals surface area contributed by atoms with E-state index in [1.165, 1.54) is 6.08 Å². The van der Waals surface area contributed by atoms with Gasteiger partial charge in [0.25, 0.3) is 0 Å². The first kappa shape index (κ1) is 8.53. The highest BCUT2D eigenvalue weighted by Gasteiger charge is 1.94. The average Bonchev–Trinajstić information content (AvgIpc) is 2.15. The minimum absolute atomic E-state index is 0.777. The van der Waals surface area contributed by atoms with Gasteiger partial charge in [0, 0.05) is 18.8 Å². The molecule has 0 atom stereocenters. The van der Waals surface area contributed by atoms with E-state index < -0.39 is 0 Å². The third kappa shape index (κ3) is 1.95. The highest BCUT2D eigenvalue weighted by Crippen LogP contribution is 2.08. The highest BCUT2D eigenvalue weighted by atomic mass is 16.1. The number of allylic oxidation sites excluding steroid dienone is 1. The first-order valence-corrected chi connectivity index (χ1v) is 3.77. The molecule has 0 aliphatic rings. The monoisotopic (exact) mass is 161 g/mol. The molecule has 0 heterocycles. The van der Waals surface area contributed by atoms with Gasteiger partial charge in [-0.1, -0.05) is 30.3 Å². The fourth-order valence-electron chi connectivity index (χ4n) is 1.01. The van der Waals surface area contributed by atoms with Gasteiger partial charge in [0.05, 0.1) is 0 Å². The zero-order valence-corrected chi connectivity index (χ0v) is 6.95. The summed E-state index contributed by atoms with van der Waals surface area (Å²) in [4.78, 5) is 10.2. The van der Waals surface area contributed by atoms with Crippen LogP contribution in [-0.2, 0) is 4.79 Å². The molecule has 62 valence electrons. The van der Waals surface area contributed by atoms with Crippen LogP contribution in [0.3, 0.4) is 0 Å². The summed E-state index contributed by atoms with van der Waals surface area (Å²) in [6.07, 6.45) is 2.29. The molecule has 0 saturated carbocycles. The summed E-state index contributed by atoms with van der Waals surface area (Å²) in [7, 11) is 1.79. The lowest BCUT2D eigenvalue weighted by Crippen LogP contribution is -2.04. The second kappa shape index (κ2) is 4.34. The molecule has 0 saturated heterocycles. The topological polar surface area (TPSA) is 29.1 Å². The number of carbonyl (C=O) groups excluding carboxylic acids is 1.